The van der Waals surface area contributed by atoms with Gasteiger partial charge in [-0.25, -0.2) is 0 Å². The number of anilines is 1. The van der Waals surface area contributed by atoms with Crippen molar-refractivity contribution < 1.29 is 4.92 Å². The Kier molecular flexibility index (Phi) is 2.48. The average Bonchev–Trinajstić information content (AvgIpc) is 2.74. The van der Waals surface area contributed by atoms with E-state index in [4.69, 9.17) is 0 Å². The third-order valence-electron chi connectivity index (χ3n) is 2.83. The molecule has 1 aromatic carbocycles. The maximum atomic E-state index is 11.0. The Balaban J connectivity index is 2.06. The van der Waals surface area contributed by atoms with Crippen molar-refractivity contribution in [3.8, 4) is 0 Å². The molecule has 1 N–H and O–H groups in total. The zero-order valence-corrected chi connectivity index (χ0v) is 10.4. The van der Waals surface area contributed by atoms with E-state index in [0.29, 0.717) is 5.82 Å². The second-order valence-corrected chi connectivity index (χ2v) is 4.86. The Labute approximate surface area is 108 Å². The molecular weight excluding hydrogens is 252 g/mol. The molecule has 2 heterocycles. The number of para-hydroxylation sites is 1. The van der Waals surface area contributed by atoms with Crippen LogP contribution in [0.25, 0.3) is 0 Å². The smallest absolute Gasteiger partial charge is 0.307 e. The minimum Gasteiger partial charge on any atom is -0.368 e. The maximum Gasteiger partial charge on any atom is 0.307 e. The lowest BCUT2D eigenvalue weighted by atomic mass is 10.2. The van der Waals surface area contributed by atoms with Crippen molar-refractivity contribution in [3.05, 3.63) is 45.9 Å². The van der Waals surface area contributed by atoms with E-state index in [1.54, 1.807) is 7.05 Å². The standard InChI is InChI=1S/C11H10N4O2S/c1-12-10-8(15(16)17)6-14-7-4-2-3-5-9(7)18-11(14)13-10/h2-5,12H,6H2,1H3. The first-order valence-electron chi connectivity index (χ1n) is 5.39. The summed E-state index contributed by atoms with van der Waals surface area (Å²) in [7, 11) is 1.64. The first-order chi connectivity index (χ1) is 8.70. The molecule has 1 aromatic rings. The molecule has 0 unspecified atom stereocenters. The fourth-order valence-corrected chi connectivity index (χ4v) is 3.02. The first-order valence-corrected chi connectivity index (χ1v) is 6.21. The Morgan fingerprint density at radius 2 is 2.28 bits per heavy atom. The summed E-state index contributed by atoms with van der Waals surface area (Å²) in [4.78, 5) is 17.9. The van der Waals surface area contributed by atoms with Crippen molar-refractivity contribution in [1.82, 2.24) is 5.32 Å². The first kappa shape index (κ1) is 11.1. The average molecular weight is 262 g/mol. The van der Waals surface area contributed by atoms with E-state index in [1.807, 2.05) is 29.2 Å². The zero-order chi connectivity index (χ0) is 12.7. The number of nitrogens with one attached hydrogen (secondary N) is 1. The van der Waals surface area contributed by atoms with Crippen LogP contribution in [-0.4, -0.2) is 23.7 Å². The van der Waals surface area contributed by atoms with E-state index in [0.717, 1.165) is 15.8 Å². The third kappa shape index (κ3) is 1.55. The lowest BCUT2D eigenvalue weighted by Gasteiger charge is -2.22. The highest BCUT2D eigenvalue weighted by Gasteiger charge is 2.35. The normalized spacial score (nSPS) is 17.2. The molecule has 3 rings (SSSR count). The number of fused-ring (bicyclic) bond motifs is 3. The van der Waals surface area contributed by atoms with Gasteiger partial charge in [-0.05, 0) is 23.9 Å². The Hall–Kier alpha value is -2.02. The lowest BCUT2D eigenvalue weighted by molar-refractivity contribution is -0.427. The molecule has 2 aliphatic heterocycles. The quantitative estimate of drug-likeness (QED) is 0.648. The number of benzene rings is 1. The number of rotatable bonds is 2. The zero-order valence-electron chi connectivity index (χ0n) is 9.58. The minimum atomic E-state index is -0.377. The molecule has 0 aromatic heterocycles. The summed E-state index contributed by atoms with van der Waals surface area (Å²) in [5.74, 6) is 0.339. The highest BCUT2D eigenvalue weighted by Crippen LogP contribution is 2.42. The number of aliphatic imine (C=N–C) groups is 1. The van der Waals surface area contributed by atoms with Crippen molar-refractivity contribution in [3.63, 3.8) is 0 Å². The van der Waals surface area contributed by atoms with Gasteiger partial charge < -0.3 is 10.2 Å². The fourth-order valence-electron chi connectivity index (χ4n) is 1.99. The second-order valence-electron chi connectivity index (χ2n) is 3.85. The van der Waals surface area contributed by atoms with Crippen molar-refractivity contribution >= 4 is 22.6 Å². The maximum absolute atomic E-state index is 11.0. The summed E-state index contributed by atoms with van der Waals surface area (Å²) < 4.78 is 0. The number of nitro groups is 1. The van der Waals surface area contributed by atoms with Crippen LogP contribution in [0.5, 0.6) is 0 Å². The molecule has 92 valence electrons. The fraction of sp³-hybridized carbons (Fsp3) is 0.182. The van der Waals surface area contributed by atoms with Crippen LogP contribution in [0.3, 0.4) is 0 Å². The number of hydrogen-bond donors (Lipinski definition) is 1. The monoisotopic (exact) mass is 262 g/mol. The summed E-state index contributed by atoms with van der Waals surface area (Å²) in [5, 5.41) is 14.6. The van der Waals surface area contributed by atoms with Crippen molar-refractivity contribution in [2.45, 2.75) is 4.90 Å². The van der Waals surface area contributed by atoms with E-state index >= 15 is 0 Å². The molecule has 0 fully saturated rings. The van der Waals surface area contributed by atoms with Gasteiger partial charge in [-0.15, -0.1) is 0 Å². The molecule has 6 nitrogen and oxygen atoms in total. The Morgan fingerprint density at radius 1 is 1.50 bits per heavy atom. The van der Waals surface area contributed by atoms with Gasteiger partial charge in [0.05, 0.1) is 10.6 Å². The summed E-state index contributed by atoms with van der Waals surface area (Å²) in [6.07, 6.45) is 0. The molecule has 0 saturated heterocycles. The molecule has 0 aliphatic carbocycles. The number of nitrogens with zero attached hydrogens (tertiary/aromatic N) is 3. The predicted octanol–water partition coefficient (Wildman–Crippen LogP) is 1.63. The van der Waals surface area contributed by atoms with Crippen LogP contribution in [0.4, 0.5) is 5.69 Å². The van der Waals surface area contributed by atoms with Crippen LogP contribution in [0.1, 0.15) is 0 Å². The summed E-state index contributed by atoms with van der Waals surface area (Å²) in [6.45, 7) is 0.242. The molecule has 0 radical (unpaired) electrons. The highest BCUT2D eigenvalue weighted by atomic mass is 32.2. The Morgan fingerprint density at radius 3 is 3.00 bits per heavy atom. The second kappa shape index (κ2) is 4.02. The van der Waals surface area contributed by atoms with Gasteiger partial charge in [0.25, 0.3) is 0 Å². The van der Waals surface area contributed by atoms with Crippen molar-refractivity contribution in [1.29, 1.82) is 0 Å². The van der Waals surface area contributed by atoms with E-state index < -0.39 is 0 Å². The topological polar surface area (TPSA) is 70.8 Å². The third-order valence-corrected chi connectivity index (χ3v) is 3.89. The van der Waals surface area contributed by atoms with Crippen LogP contribution in [0.2, 0.25) is 0 Å². The Bertz CT molecular complexity index is 596. The lowest BCUT2D eigenvalue weighted by Crippen LogP contribution is -2.35. The van der Waals surface area contributed by atoms with Crippen LogP contribution in [-0.2, 0) is 0 Å². The number of amidine groups is 1. The number of thioether (sulfide) groups is 1. The van der Waals surface area contributed by atoms with Crippen LogP contribution in [0.15, 0.2) is 45.7 Å². The van der Waals surface area contributed by atoms with Crippen molar-refractivity contribution in [2.75, 3.05) is 18.5 Å². The number of hydrogen-bond acceptors (Lipinski definition) is 6. The van der Waals surface area contributed by atoms with Crippen molar-refractivity contribution in [2.24, 2.45) is 4.99 Å². The molecule has 18 heavy (non-hydrogen) atoms. The molecule has 0 spiro atoms. The van der Waals surface area contributed by atoms with Gasteiger partial charge >= 0.3 is 5.70 Å². The van der Waals surface area contributed by atoms with E-state index in [9.17, 15) is 10.1 Å². The van der Waals surface area contributed by atoms with Gasteiger partial charge in [-0.1, -0.05) is 12.1 Å². The van der Waals surface area contributed by atoms with Gasteiger partial charge in [0, 0.05) is 11.9 Å². The molecule has 0 amide bonds. The molecule has 0 atom stereocenters. The molecule has 0 bridgehead atoms. The van der Waals surface area contributed by atoms with E-state index in [-0.39, 0.29) is 17.2 Å². The van der Waals surface area contributed by atoms with Crippen LogP contribution >= 0.6 is 11.8 Å². The van der Waals surface area contributed by atoms with Crippen LogP contribution in [0, 0.1) is 10.1 Å². The molecular formula is C11H10N4O2S. The van der Waals surface area contributed by atoms with Gasteiger partial charge in [-0.2, -0.15) is 4.99 Å². The SMILES string of the molecule is CNC1=C([N+](=O)[O-])CN2C(=N1)Sc1ccccc12. The summed E-state index contributed by atoms with van der Waals surface area (Å²) >= 11 is 1.53. The molecule has 7 heteroatoms. The van der Waals surface area contributed by atoms with Gasteiger partial charge in [0.2, 0.25) is 5.82 Å². The molecule has 2 aliphatic rings. The van der Waals surface area contributed by atoms with E-state index in [1.165, 1.54) is 11.8 Å². The van der Waals surface area contributed by atoms with Gasteiger partial charge in [0.15, 0.2) is 5.17 Å². The largest absolute Gasteiger partial charge is 0.368 e. The van der Waals surface area contributed by atoms with Gasteiger partial charge in [-0.3, -0.25) is 10.1 Å². The van der Waals surface area contributed by atoms with Crippen LogP contribution < -0.4 is 10.2 Å². The summed E-state index contributed by atoms with van der Waals surface area (Å²) in [6, 6.07) is 7.82. The molecule has 0 saturated carbocycles. The summed E-state index contributed by atoms with van der Waals surface area (Å²) in [5.41, 5.74) is 1.08. The minimum absolute atomic E-state index is 0.0959. The van der Waals surface area contributed by atoms with Gasteiger partial charge in [0.1, 0.15) is 6.54 Å². The predicted molar refractivity (Wildman–Crippen MR) is 70.2 cm³/mol. The highest BCUT2D eigenvalue weighted by molar-refractivity contribution is 8.14. The van der Waals surface area contributed by atoms with E-state index in [2.05, 4.69) is 10.3 Å².